The molecule has 3 aliphatic heterocycles. The molecule has 4 rings (SSSR count). The molecule has 1 amide bonds. The Kier molecular flexibility index (Phi) is 7.39. The minimum atomic E-state index is -6.00. The number of piperazine rings is 3. The number of carbonyl (C=O) groups excluding carboxylic acids is 1. The zero-order chi connectivity index (χ0) is 20.9. The Morgan fingerprint density at radius 2 is 1.04 bits per heavy atom. The number of carbonyl (C=O) groups is 1. The summed E-state index contributed by atoms with van der Waals surface area (Å²) < 4.78 is 92.1. The Morgan fingerprint density at radius 1 is 0.704 bits per heavy atom. The maximum Gasteiger partial charge on any atom is 0.673 e. The largest absolute Gasteiger partial charge is 0.673 e. The van der Waals surface area contributed by atoms with E-state index in [1.165, 1.54) is 0 Å². The second-order valence-corrected chi connectivity index (χ2v) is 6.18. The third-order valence-corrected chi connectivity index (χ3v) is 4.24. The number of halogens is 9. The van der Waals surface area contributed by atoms with Crippen LogP contribution in [0.3, 0.4) is 0 Å². The number of fused-ring (bicyclic) bond motifs is 3. The summed E-state index contributed by atoms with van der Waals surface area (Å²) in [7, 11) is -12.0. The molecule has 3 saturated heterocycles. The van der Waals surface area contributed by atoms with Gasteiger partial charge in [-0.2, -0.15) is 0 Å². The van der Waals surface area contributed by atoms with E-state index in [4.69, 9.17) is 0 Å². The van der Waals surface area contributed by atoms with Gasteiger partial charge in [0.2, 0.25) is 0 Å². The molecule has 0 spiro atoms. The molecule has 0 atom stereocenters. The van der Waals surface area contributed by atoms with E-state index in [2.05, 4.69) is 0 Å². The van der Waals surface area contributed by atoms with Crippen LogP contribution in [0.1, 0.15) is 10.4 Å². The molecular weight excluding hydrogens is 393 g/mol. The predicted octanol–water partition coefficient (Wildman–Crippen LogP) is 3.97. The highest BCUT2D eigenvalue weighted by molar-refractivity contribution is 6.50. The summed E-state index contributed by atoms with van der Waals surface area (Å²) in [4.78, 5) is 12.5. The van der Waals surface area contributed by atoms with Crippen LogP contribution in [0.4, 0.5) is 39.0 Å². The highest BCUT2D eigenvalue weighted by Gasteiger charge is 2.54. The summed E-state index contributed by atoms with van der Waals surface area (Å²) in [5, 5.41) is 0. The molecule has 2 bridgehead atoms. The van der Waals surface area contributed by atoms with Gasteiger partial charge in [0.25, 0.3) is 0 Å². The molecular formula is C13H17B2F9N2O. The smallest absolute Gasteiger partial charge is 0.418 e. The van der Waals surface area contributed by atoms with Crippen molar-refractivity contribution in [1.29, 1.82) is 0 Å². The second-order valence-electron chi connectivity index (χ2n) is 6.18. The first-order valence-corrected chi connectivity index (χ1v) is 7.90. The van der Waals surface area contributed by atoms with Crippen LogP contribution in [0.5, 0.6) is 0 Å². The third-order valence-electron chi connectivity index (χ3n) is 4.24. The molecule has 3 aliphatic rings. The first-order valence-electron chi connectivity index (χ1n) is 7.90. The summed E-state index contributed by atoms with van der Waals surface area (Å²) in [5.74, 6) is 0.163. The maximum atomic E-state index is 14.0. The van der Waals surface area contributed by atoms with Crippen molar-refractivity contribution in [1.82, 2.24) is 0 Å². The molecule has 0 unspecified atom stereocenters. The molecule has 0 N–H and O–H groups in total. The van der Waals surface area contributed by atoms with E-state index < -0.39 is 14.5 Å². The molecule has 14 heteroatoms. The van der Waals surface area contributed by atoms with Gasteiger partial charge < -0.3 is 34.5 Å². The Morgan fingerprint density at radius 3 is 1.37 bits per heavy atom. The summed E-state index contributed by atoms with van der Waals surface area (Å²) in [6, 6.07) is 9.39. The fourth-order valence-electron chi connectivity index (χ4n) is 2.94. The molecule has 0 saturated carbocycles. The monoisotopic (exact) mass is 410 g/mol. The summed E-state index contributed by atoms with van der Waals surface area (Å²) >= 11 is 0. The zero-order valence-electron chi connectivity index (χ0n) is 14.0. The molecule has 0 aliphatic carbocycles. The molecule has 1 aromatic carbocycles. The molecule has 27 heavy (non-hydrogen) atoms. The van der Waals surface area contributed by atoms with Gasteiger partial charge in [0.15, 0.2) is 19.6 Å². The van der Waals surface area contributed by atoms with Gasteiger partial charge in [0.05, 0.1) is 5.56 Å². The van der Waals surface area contributed by atoms with Crippen LogP contribution in [-0.2, 0) is 0 Å². The van der Waals surface area contributed by atoms with Crippen molar-refractivity contribution < 1.29 is 53.0 Å². The van der Waals surface area contributed by atoms with Crippen LogP contribution in [0.2, 0.25) is 0 Å². The first kappa shape index (κ1) is 23.3. The van der Waals surface area contributed by atoms with E-state index in [0.29, 0.717) is 43.8 Å². The average molecular weight is 410 g/mol. The van der Waals surface area contributed by atoms with Gasteiger partial charge in [0.1, 0.15) is 19.6 Å². The van der Waals surface area contributed by atoms with Crippen LogP contribution in [0.15, 0.2) is 30.3 Å². The lowest BCUT2D eigenvalue weighted by atomic mass is 10.1. The molecule has 3 heterocycles. The minimum Gasteiger partial charge on any atom is -0.418 e. The van der Waals surface area contributed by atoms with Crippen LogP contribution in [0.25, 0.3) is 0 Å². The van der Waals surface area contributed by atoms with Crippen molar-refractivity contribution in [2.75, 3.05) is 39.3 Å². The number of amides is 1. The number of benzene rings is 1. The van der Waals surface area contributed by atoms with Crippen LogP contribution in [0, 0.1) is 0 Å². The van der Waals surface area contributed by atoms with Crippen molar-refractivity contribution in [2.24, 2.45) is 0 Å². The van der Waals surface area contributed by atoms with Gasteiger partial charge in [-0.25, -0.2) is 9.28 Å². The van der Waals surface area contributed by atoms with E-state index in [0.717, 1.165) is 5.56 Å². The number of quaternary nitrogens is 2. The maximum absolute atomic E-state index is 14.0. The average Bonchev–Trinajstić information content (AvgIpc) is 2.53. The van der Waals surface area contributed by atoms with Gasteiger partial charge in [-0.15, -0.1) is 4.71 Å². The summed E-state index contributed by atoms with van der Waals surface area (Å²) in [6.07, 6.45) is 0. The fourth-order valence-corrected chi connectivity index (χ4v) is 2.94. The molecule has 3 fully saturated rings. The van der Waals surface area contributed by atoms with E-state index in [-0.39, 0.29) is 10.6 Å². The summed E-state index contributed by atoms with van der Waals surface area (Å²) in [6.45, 7) is 3.38. The normalized spacial score (nSPS) is 27.0. The third kappa shape index (κ3) is 8.69. The lowest BCUT2D eigenvalue weighted by molar-refractivity contribution is -1.13. The number of hydrogen-bond donors (Lipinski definition) is 0. The van der Waals surface area contributed by atoms with Crippen LogP contribution < -0.4 is 0 Å². The van der Waals surface area contributed by atoms with Gasteiger partial charge in [0, 0.05) is 0 Å². The highest BCUT2D eigenvalue weighted by atomic mass is 19.5. The van der Waals surface area contributed by atoms with Crippen molar-refractivity contribution >= 4 is 20.4 Å². The molecule has 0 radical (unpaired) electrons. The minimum absolute atomic E-state index is 0.163. The Hall–Kier alpha value is -1.69. The van der Waals surface area contributed by atoms with Gasteiger partial charge in [-0.1, -0.05) is 18.2 Å². The molecule has 0 aromatic heterocycles. The number of rotatable bonds is 1. The standard InChI is InChI=1S/C13H17FN2O.2BF4/c14-16-9-6-15(7-10-16,8-11-16)13(17)12-4-2-1-3-5-12;2*2-1(3,4)5/h1-5H,6-11H2;;/q+2;2*-1. The van der Waals surface area contributed by atoms with Gasteiger partial charge >= 0.3 is 20.4 Å². The SMILES string of the molecule is F[B-](F)(F)F.F[B-](F)(F)F.O=C(c1ccccc1)[N+]12CC[N+](F)(CC1)CC2. The van der Waals surface area contributed by atoms with Crippen molar-refractivity contribution in [3.63, 3.8) is 0 Å². The lowest BCUT2D eigenvalue weighted by Gasteiger charge is -2.47. The Labute approximate surface area is 149 Å². The Bertz CT molecular complexity index is 576. The summed E-state index contributed by atoms with van der Waals surface area (Å²) in [5.41, 5.74) is 0.758. The number of nitrogens with zero attached hydrogens (tertiary/aromatic N) is 2. The van der Waals surface area contributed by atoms with Crippen molar-refractivity contribution in [3.05, 3.63) is 35.9 Å². The quantitative estimate of drug-likeness (QED) is 0.297. The lowest BCUT2D eigenvalue weighted by Crippen LogP contribution is -2.73. The first-order chi connectivity index (χ1) is 12.1. The highest BCUT2D eigenvalue weighted by Crippen LogP contribution is 2.29. The van der Waals surface area contributed by atoms with E-state index in [9.17, 15) is 43.8 Å². The van der Waals surface area contributed by atoms with Gasteiger partial charge in [-0.3, -0.25) is 0 Å². The van der Waals surface area contributed by atoms with Crippen molar-refractivity contribution in [3.8, 4) is 0 Å². The van der Waals surface area contributed by atoms with Crippen molar-refractivity contribution in [2.45, 2.75) is 0 Å². The van der Waals surface area contributed by atoms with Gasteiger partial charge in [-0.05, 0) is 16.6 Å². The predicted molar refractivity (Wildman–Crippen MR) is 82.0 cm³/mol. The molecule has 154 valence electrons. The topological polar surface area (TPSA) is 17.1 Å². The van der Waals surface area contributed by atoms with E-state index in [1.54, 1.807) is 0 Å². The molecule has 1 aromatic rings. The van der Waals surface area contributed by atoms with Crippen LogP contribution >= 0.6 is 0 Å². The van der Waals surface area contributed by atoms with E-state index >= 15 is 0 Å². The van der Waals surface area contributed by atoms with Crippen LogP contribution in [-0.4, -0.2) is 68.9 Å². The fraction of sp³-hybridized carbons (Fsp3) is 0.462. The molecule has 3 nitrogen and oxygen atoms in total. The zero-order valence-corrected chi connectivity index (χ0v) is 14.0. The number of hydrogen-bond acceptors (Lipinski definition) is 1. The second kappa shape index (κ2) is 8.55. The Balaban J connectivity index is 0.000000306. The van der Waals surface area contributed by atoms with E-state index in [1.807, 2.05) is 30.3 Å².